The highest BCUT2D eigenvalue weighted by Crippen LogP contribution is 2.50. The summed E-state index contributed by atoms with van der Waals surface area (Å²) in [4.78, 5) is 0. The van der Waals surface area contributed by atoms with E-state index in [0.29, 0.717) is 23.8 Å². The van der Waals surface area contributed by atoms with Gasteiger partial charge in [0.2, 0.25) is 0 Å². The summed E-state index contributed by atoms with van der Waals surface area (Å²) in [5.41, 5.74) is 16.3. The SMILES string of the molecule is C1=CC2C3=C(C=CC(C4=CCC(n5c6ccccc6c6ccc(-c7ccc8c(c7)c7ccccc7n8-c7ccccc7)cc65)CC4)C=C3)c3ccccc3C2CC1. The minimum atomic E-state index is 0.335. The van der Waals surface area contributed by atoms with Gasteiger partial charge in [-0.2, -0.15) is 0 Å². The Balaban J connectivity index is 0.898. The van der Waals surface area contributed by atoms with Crippen molar-refractivity contribution >= 4 is 49.2 Å². The van der Waals surface area contributed by atoms with Crippen LogP contribution in [0.5, 0.6) is 0 Å². The van der Waals surface area contributed by atoms with Crippen LogP contribution >= 0.6 is 0 Å². The Labute approximate surface area is 334 Å². The molecule has 2 nitrogen and oxygen atoms in total. The summed E-state index contributed by atoms with van der Waals surface area (Å²) in [6.45, 7) is 0. The Morgan fingerprint density at radius 1 is 0.544 bits per heavy atom. The number of benzene rings is 6. The first-order valence-electron chi connectivity index (χ1n) is 21.0. The van der Waals surface area contributed by atoms with Gasteiger partial charge in [0.1, 0.15) is 0 Å². The largest absolute Gasteiger partial charge is 0.337 e. The molecule has 57 heavy (non-hydrogen) atoms. The van der Waals surface area contributed by atoms with Crippen LogP contribution in [0.1, 0.15) is 55.2 Å². The lowest BCUT2D eigenvalue weighted by Crippen LogP contribution is -2.21. The van der Waals surface area contributed by atoms with Gasteiger partial charge >= 0.3 is 0 Å². The van der Waals surface area contributed by atoms with E-state index in [4.69, 9.17) is 0 Å². The summed E-state index contributed by atoms with van der Waals surface area (Å²) in [6.07, 6.45) is 23.1. The Bertz CT molecular complexity index is 3070. The molecule has 0 N–H and O–H groups in total. The van der Waals surface area contributed by atoms with E-state index in [2.05, 4.69) is 191 Å². The fraction of sp³-hybridized carbons (Fsp3) is 0.164. The fourth-order valence-corrected chi connectivity index (χ4v) is 11.0. The van der Waals surface area contributed by atoms with Crippen molar-refractivity contribution in [2.24, 2.45) is 11.8 Å². The van der Waals surface area contributed by atoms with Gasteiger partial charge in [-0.1, -0.05) is 145 Å². The number of rotatable bonds is 4. The van der Waals surface area contributed by atoms with Crippen LogP contribution in [0.15, 0.2) is 193 Å². The number of hydrogen-bond acceptors (Lipinski definition) is 0. The first-order valence-corrected chi connectivity index (χ1v) is 21.0. The molecule has 0 fully saturated rings. The number of allylic oxidation sites excluding steroid dienone is 10. The van der Waals surface area contributed by atoms with E-state index in [1.807, 2.05) is 0 Å². The van der Waals surface area contributed by atoms with Gasteiger partial charge in [-0.15, -0.1) is 0 Å². The van der Waals surface area contributed by atoms with Crippen LogP contribution in [-0.4, -0.2) is 9.13 Å². The second-order valence-corrected chi connectivity index (χ2v) is 16.6. The lowest BCUT2D eigenvalue weighted by Gasteiger charge is -2.36. The third-order valence-corrected chi connectivity index (χ3v) is 13.6. The van der Waals surface area contributed by atoms with Crippen LogP contribution in [0, 0.1) is 11.8 Å². The molecule has 8 aromatic rings. The van der Waals surface area contributed by atoms with Crippen molar-refractivity contribution < 1.29 is 0 Å². The summed E-state index contributed by atoms with van der Waals surface area (Å²) in [5, 5.41) is 5.26. The molecular weight excluding hydrogens is 689 g/mol. The van der Waals surface area contributed by atoms with Gasteiger partial charge in [0, 0.05) is 56.1 Å². The van der Waals surface area contributed by atoms with E-state index >= 15 is 0 Å². The van der Waals surface area contributed by atoms with Crippen LogP contribution in [-0.2, 0) is 0 Å². The van der Waals surface area contributed by atoms with Crippen molar-refractivity contribution in [2.45, 2.75) is 44.1 Å². The summed E-state index contributed by atoms with van der Waals surface area (Å²) >= 11 is 0. The van der Waals surface area contributed by atoms with E-state index < -0.39 is 0 Å². The average Bonchev–Trinajstić information content (AvgIpc) is 3.68. The molecule has 0 spiro atoms. The first kappa shape index (κ1) is 32.8. The maximum Gasteiger partial charge on any atom is 0.0541 e. The van der Waals surface area contributed by atoms with E-state index in [9.17, 15) is 0 Å². The van der Waals surface area contributed by atoms with Crippen LogP contribution in [0.2, 0.25) is 0 Å². The molecule has 4 atom stereocenters. The fourth-order valence-electron chi connectivity index (χ4n) is 11.0. The summed E-state index contributed by atoms with van der Waals surface area (Å²) < 4.78 is 5.07. The molecule has 0 amide bonds. The zero-order valence-electron chi connectivity index (χ0n) is 32.1. The number of fused-ring (bicyclic) bond motifs is 11. The predicted molar refractivity (Wildman–Crippen MR) is 240 cm³/mol. The number of hydrogen-bond donors (Lipinski definition) is 0. The lowest BCUT2D eigenvalue weighted by atomic mass is 9.68. The predicted octanol–water partition coefficient (Wildman–Crippen LogP) is 14.5. The first-order chi connectivity index (χ1) is 28.3. The standard InChI is InChI=1S/C55H44N2/c1-2-12-40(13-3-1)56-53-21-11-9-19-49(53)51-34-38(27-33-54(51)56)39-26-32-50-48-18-8-10-20-52(48)57(55(50)35-39)41-28-22-36(23-29-41)37-24-30-46-44-16-6-4-14-42(44)43-15-5-7-17-45(43)47(46)31-25-37/h1-4,6-14,16-22,24-27,30-35,37,41,43,45H,5,15,23,28-29H2. The Morgan fingerprint density at radius 3 is 2.14 bits per heavy atom. The van der Waals surface area contributed by atoms with Crippen LogP contribution < -0.4 is 0 Å². The minimum Gasteiger partial charge on any atom is -0.337 e. The Hall–Kier alpha value is -6.38. The van der Waals surface area contributed by atoms with Crippen LogP contribution in [0.25, 0.3) is 66.0 Å². The van der Waals surface area contributed by atoms with Crippen molar-refractivity contribution in [1.29, 1.82) is 0 Å². The summed E-state index contributed by atoms with van der Waals surface area (Å²) in [6, 6.07) is 52.4. The molecule has 0 saturated heterocycles. The van der Waals surface area contributed by atoms with Gasteiger partial charge in [-0.3, -0.25) is 0 Å². The average molecular weight is 733 g/mol. The van der Waals surface area contributed by atoms with Gasteiger partial charge < -0.3 is 9.13 Å². The molecule has 0 bridgehead atoms. The molecule has 2 aromatic heterocycles. The van der Waals surface area contributed by atoms with Gasteiger partial charge in [0.25, 0.3) is 0 Å². The Kier molecular flexibility index (Phi) is 7.54. The molecule has 274 valence electrons. The van der Waals surface area contributed by atoms with Gasteiger partial charge in [0.05, 0.1) is 11.0 Å². The smallest absolute Gasteiger partial charge is 0.0541 e. The molecule has 12 rings (SSSR count). The molecule has 0 saturated carbocycles. The van der Waals surface area contributed by atoms with Crippen molar-refractivity contribution in [2.75, 3.05) is 0 Å². The van der Waals surface area contributed by atoms with E-state index in [-0.39, 0.29) is 0 Å². The monoisotopic (exact) mass is 732 g/mol. The molecule has 4 unspecified atom stereocenters. The Morgan fingerprint density at radius 2 is 1.26 bits per heavy atom. The molecule has 4 aliphatic carbocycles. The number of nitrogens with zero attached hydrogens (tertiary/aromatic N) is 2. The van der Waals surface area contributed by atoms with Gasteiger partial charge in [-0.05, 0) is 114 Å². The molecular formula is C55H44N2. The highest BCUT2D eigenvalue weighted by molar-refractivity contribution is 6.12. The highest BCUT2D eigenvalue weighted by atomic mass is 15.0. The highest BCUT2D eigenvalue weighted by Gasteiger charge is 2.34. The maximum atomic E-state index is 2.67. The van der Waals surface area contributed by atoms with E-state index in [1.54, 1.807) is 5.57 Å². The van der Waals surface area contributed by atoms with Gasteiger partial charge in [0.15, 0.2) is 0 Å². The van der Waals surface area contributed by atoms with Crippen LogP contribution in [0.4, 0.5) is 0 Å². The lowest BCUT2D eigenvalue weighted by molar-refractivity contribution is 0.467. The minimum absolute atomic E-state index is 0.335. The number of para-hydroxylation sites is 3. The second kappa shape index (κ2) is 13.1. The molecule has 4 aliphatic rings. The molecule has 6 aromatic carbocycles. The molecule has 2 heteroatoms. The number of aromatic nitrogens is 2. The summed E-state index contributed by atoms with van der Waals surface area (Å²) in [5.74, 6) is 1.40. The van der Waals surface area contributed by atoms with Crippen molar-refractivity contribution in [3.05, 3.63) is 204 Å². The zero-order chi connectivity index (χ0) is 37.5. The zero-order valence-corrected chi connectivity index (χ0v) is 32.1. The van der Waals surface area contributed by atoms with Crippen molar-refractivity contribution in [1.82, 2.24) is 9.13 Å². The van der Waals surface area contributed by atoms with Crippen molar-refractivity contribution in [3.63, 3.8) is 0 Å². The summed E-state index contributed by atoms with van der Waals surface area (Å²) in [7, 11) is 0. The normalized spacial score (nSPS) is 21.5. The molecule has 0 aliphatic heterocycles. The third kappa shape index (κ3) is 5.16. The molecule has 2 heterocycles. The van der Waals surface area contributed by atoms with Gasteiger partial charge in [-0.25, -0.2) is 0 Å². The van der Waals surface area contributed by atoms with Crippen molar-refractivity contribution in [3.8, 4) is 16.8 Å². The topological polar surface area (TPSA) is 9.86 Å². The quantitative estimate of drug-likeness (QED) is 0.159. The maximum absolute atomic E-state index is 2.67. The third-order valence-electron chi connectivity index (χ3n) is 13.6. The van der Waals surface area contributed by atoms with Crippen LogP contribution in [0.3, 0.4) is 0 Å². The molecule has 0 radical (unpaired) electrons. The van der Waals surface area contributed by atoms with E-state index in [0.717, 1.165) is 19.3 Å². The second-order valence-electron chi connectivity index (χ2n) is 16.6. The van der Waals surface area contributed by atoms with E-state index in [1.165, 1.54) is 95.5 Å².